The number of amides is 3. The number of nitrogens with one attached hydrogen (secondary N) is 2. The van der Waals surface area contributed by atoms with Gasteiger partial charge in [-0.25, -0.2) is 0 Å². The number of pyridine rings is 1. The number of nitrogens with two attached hydrogens (primary N) is 1. The fourth-order valence-corrected chi connectivity index (χ4v) is 3.92. The number of carbonyl (C=O) groups excluding carboxylic acids is 3. The predicted octanol–water partition coefficient (Wildman–Crippen LogP) is 1.99. The zero-order chi connectivity index (χ0) is 21.8. The van der Waals surface area contributed by atoms with Gasteiger partial charge in [-0.3, -0.25) is 24.5 Å². The molecule has 9 nitrogen and oxygen atoms in total. The number of anilines is 1. The molecule has 3 amide bonds. The maximum Gasteiger partial charge on any atom is 0.313 e. The molecule has 9 heteroatoms. The van der Waals surface area contributed by atoms with Gasteiger partial charge in [-0.2, -0.15) is 5.10 Å². The van der Waals surface area contributed by atoms with Crippen LogP contribution in [0.2, 0.25) is 0 Å². The molecule has 3 aromatic rings. The molecule has 1 aromatic carbocycles. The van der Waals surface area contributed by atoms with Crippen molar-refractivity contribution in [2.45, 2.75) is 24.8 Å². The summed E-state index contributed by atoms with van der Waals surface area (Å²) in [6.07, 6.45) is 5.90. The Hall–Kier alpha value is -4.01. The Morgan fingerprint density at radius 1 is 1.10 bits per heavy atom. The number of aromatic nitrogens is 3. The molecular weight excluding hydrogens is 396 g/mol. The molecule has 158 valence electrons. The molecule has 4 N–H and O–H groups in total. The lowest BCUT2D eigenvalue weighted by Crippen LogP contribution is -2.46. The lowest BCUT2D eigenvalue weighted by Gasteiger charge is -2.39. The highest BCUT2D eigenvalue weighted by atomic mass is 16.2. The van der Waals surface area contributed by atoms with Crippen molar-refractivity contribution in [1.82, 2.24) is 20.1 Å². The maximum atomic E-state index is 13.2. The average molecular weight is 418 g/mol. The molecule has 1 saturated heterocycles. The van der Waals surface area contributed by atoms with Crippen LogP contribution in [0.1, 0.15) is 46.4 Å². The minimum absolute atomic E-state index is 0.0547. The summed E-state index contributed by atoms with van der Waals surface area (Å²) in [5, 5.41) is 9.51. The van der Waals surface area contributed by atoms with E-state index in [0.717, 1.165) is 17.7 Å². The second-order valence-corrected chi connectivity index (χ2v) is 7.45. The van der Waals surface area contributed by atoms with Crippen LogP contribution in [0, 0.1) is 0 Å². The first-order valence-corrected chi connectivity index (χ1v) is 9.94. The zero-order valence-corrected chi connectivity index (χ0v) is 16.7. The molecule has 3 heterocycles. The molecule has 1 aliphatic heterocycles. The molecule has 31 heavy (non-hydrogen) atoms. The number of aromatic amines is 1. The van der Waals surface area contributed by atoms with Crippen molar-refractivity contribution in [2.24, 2.45) is 5.73 Å². The number of hydrogen-bond donors (Lipinski definition) is 3. The lowest BCUT2D eigenvalue weighted by atomic mass is 9.87. The normalized spacial score (nSPS) is 18.4. The minimum Gasteiger partial charge on any atom is -0.366 e. The lowest BCUT2D eigenvalue weighted by molar-refractivity contribution is -0.146. The third kappa shape index (κ3) is 4.45. The van der Waals surface area contributed by atoms with E-state index in [1.807, 2.05) is 36.4 Å². The van der Waals surface area contributed by atoms with Crippen LogP contribution in [0.15, 0.2) is 61.1 Å². The largest absolute Gasteiger partial charge is 0.366 e. The van der Waals surface area contributed by atoms with E-state index >= 15 is 0 Å². The van der Waals surface area contributed by atoms with Crippen molar-refractivity contribution in [3.8, 4) is 0 Å². The topological polar surface area (TPSA) is 134 Å². The van der Waals surface area contributed by atoms with Crippen LogP contribution < -0.4 is 11.1 Å². The van der Waals surface area contributed by atoms with Gasteiger partial charge in [-0.05, 0) is 30.5 Å². The molecule has 2 atom stereocenters. The van der Waals surface area contributed by atoms with E-state index in [1.165, 1.54) is 18.5 Å². The number of hydrogen-bond acceptors (Lipinski definition) is 5. The SMILES string of the molecule is NC(=O)c1cncc(NC(=O)C(=O)N2C[C@H](c3ccn[nH]3)CC[C@H]2c2ccccc2)c1. The van der Waals surface area contributed by atoms with Crippen LogP contribution in [0.3, 0.4) is 0 Å². The number of benzene rings is 1. The fraction of sp³-hybridized carbons (Fsp3) is 0.227. The number of carbonyl (C=O) groups is 3. The van der Waals surface area contributed by atoms with Gasteiger partial charge in [0, 0.05) is 30.6 Å². The number of primary amides is 1. The van der Waals surface area contributed by atoms with Crippen molar-refractivity contribution in [3.63, 3.8) is 0 Å². The first-order chi connectivity index (χ1) is 15.0. The first kappa shape index (κ1) is 20.3. The van der Waals surface area contributed by atoms with E-state index in [-0.39, 0.29) is 23.2 Å². The molecule has 1 fully saturated rings. The van der Waals surface area contributed by atoms with Crippen molar-refractivity contribution >= 4 is 23.4 Å². The smallest absolute Gasteiger partial charge is 0.313 e. The zero-order valence-electron chi connectivity index (χ0n) is 16.7. The summed E-state index contributed by atoms with van der Waals surface area (Å²) in [6, 6.07) is 12.7. The van der Waals surface area contributed by atoms with Crippen molar-refractivity contribution < 1.29 is 14.4 Å². The van der Waals surface area contributed by atoms with Crippen molar-refractivity contribution in [2.75, 3.05) is 11.9 Å². The molecule has 2 aromatic heterocycles. The number of piperidine rings is 1. The number of likely N-dealkylation sites (tertiary alicyclic amines) is 1. The van der Waals surface area contributed by atoms with Crippen LogP contribution >= 0.6 is 0 Å². The second-order valence-electron chi connectivity index (χ2n) is 7.45. The second kappa shape index (κ2) is 8.78. The molecular formula is C22H22N6O3. The Balaban J connectivity index is 1.57. The summed E-state index contributed by atoms with van der Waals surface area (Å²) in [6.45, 7) is 0.383. The first-order valence-electron chi connectivity index (χ1n) is 9.94. The number of H-pyrrole nitrogens is 1. The summed E-state index contributed by atoms with van der Waals surface area (Å²) in [4.78, 5) is 42.8. The standard InChI is InChI=1S/C22H22N6O3/c23-20(29)16-10-17(12-24-11-16)26-21(30)22(31)28-13-15(18-8-9-25-27-18)6-7-19(28)14-4-2-1-3-5-14/h1-5,8-12,15,19H,6-7,13H2,(H2,23,29)(H,25,27)(H,26,30)/t15-,19+/m1/s1. The van der Waals surface area contributed by atoms with E-state index in [9.17, 15) is 14.4 Å². The molecule has 0 aliphatic carbocycles. The molecule has 4 rings (SSSR count). The van der Waals surface area contributed by atoms with Gasteiger partial charge >= 0.3 is 11.8 Å². The van der Waals surface area contributed by atoms with E-state index in [4.69, 9.17) is 5.73 Å². The van der Waals surface area contributed by atoms with Gasteiger partial charge in [0.1, 0.15) is 0 Å². The van der Waals surface area contributed by atoms with Gasteiger partial charge in [0.15, 0.2) is 0 Å². The Labute approximate surface area is 178 Å². The van der Waals surface area contributed by atoms with Gasteiger partial charge in [-0.15, -0.1) is 0 Å². The predicted molar refractivity (Wildman–Crippen MR) is 113 cm³/mol. The maximum absolute atomic E-state index is 13.2. The van der Waals surface area contributed by atoms with Crippen LogP contribution in [-0.2, 0) is 9.59 Å². The Morgan fingerprint density at radius 3 is 2.61 bits per heavy atom. The van der Waals surface area contributed by atoms with Gasteiger partial charge in [-0.1, -0.05) is 30.3 Å². The molecule has 0 radical (unpaired) electrons. The summed E-state index contributed by atoms with van der Waals surface area (Å²) < 4.78 is 0. The number of rotatable bonds is 4. The van der Waals surface area contributed by atoms with Gasteiger partial charge in [0.05, 0.1) is 23.5 Å². The van der Waals surface area contributed by atoms with Crippen LogP contribution in [0.5, 0.6) is 0 Å². The monoisotopic (exact) mass is 418 g/mol. The molecule has 0 saturated carbocycles. The summed E-state index contributed by atoms with van der Waals surface area (Å²) in [5.74, 6) is -2.06. The van der Waals surface area contributed by atoms with Gasteiger partial charge in [0.2, 0.25) is 5.91 Å². The fourth-order valence-electron chi connectivity index (χ4n) is 3.92. The van der Waals surface area contributed by atoms with E-state index < -0.39 is 17.7 Å². The van der Waals surface area contributed by atoms with Gasteiger partial charge < -0.3 is 16.0 Å². The highest BCUT2D eigenvalue weighted by Crippen LogP contribution is 2.37. The van der Waals surface area contributed by atoms with Gasteiger partial charge in [0.25, 0.3) is 0 Å². The van der Waals surface area contributed by atoms with Crippen LogP contribution in [0.25, 0.3) is 0 Å². The highest BCUT2D eigenvalue weighted by molar-refractivity contribution is 6.39. The summed E-state index contributed by atoms with van der Waals surface area (Å²) in [5.41, 5.74) is 7.54. The van der Waals surface area contributed by atoms with E-state index in [1.54, 1.807) is 11.1 Å². The minimum atomic E-state index is -0.797. The Bertz CT molecular complexity index is 1080. The molecule has 0 spiro atoms. The third-order valence-corrected chi connectivity index (χ3v) is 5.46. The van der Waals surface area contributed by atoms with Crippen molar-refractivity contribution in [1.29, 1.82) is 0 Å². The third-order valence-electron chi connectivity index (χ3n) is 5.46. The number of nitrogens with zero attached hydrogens (tertiary/aromatic N) is 3. The molecule has 1 aliphatic rings. The Morgan fingerprint density at radius 2 is 1.90 bits per heavy atom. The van der Waals surface area contributed by atoms with Crippen molar-refractivity contribution in [3.05, 3.63) is 77.9 Å². The van der Waals surface area contributed by atoms with Crippen LogP contribution in [0.4, 0.5) is 5.69 Å². The molecule has 0 bridgehead atoms. The quantitative estimate of drug-likeness (QED) is 0.557. The highest BCUT2D eigenvalue weighted by Gasteiger charge is 2.36. The Kier molecular flexibility index (Phi) is 5.74. The summed E-state index contributed by atoms with van der Waals surface area (Å²) in [7, 11) is 0. The van der Waals surface area contributed by atoms with E-state index in [2.05, 4.69) is 20.5 Å². The summed E-state index contributed by atoms with van der Waals surface area (Å²) >= 11 is 0. The average Bonchev–Trinajstić information content (AvgIpc) is 3.34. The van der Waals surface area contributed by atoms with Crippen LogP contribution in [-0.4, -0.2) is 44.3 Å². The molecule has 0 unspecified atom stereocenters. The van der Waals surface area contributed by atoms with E-state index in [0.29, 0.717) is 13.0 Å².